The number of hydrogen-bond acceptors (Lipinski definition) is 3. The monoisotopic (exact) mass is 283 g/mol. The molecule has 0 aromatic carbocycles. The van der Waals surface area contributed by atoms with Gasteiger partial charge in [-0.2, -0.15) is 0 Å². The molecule has 0 aliphatic carbocycles. The van der Waals surface area contributed by atoms with Gasteiger partial charge in [0.05, 0.1) is 0 Å². The van der Waals surface area contributed by atoms with Crippen molar-refractivity contribution < 1.29 is 14.4 Å². The van der Waals surface area contributed by atoms with Gasteiger partial charge in [-0.25, -0.2) is 0 Å². The van der Waals surface area contributed by atoms with Gasteiger partial charge in [0.25, 0.3) is 0 Å². The number of amides is 2. The Hall–Kier alpha value is -1.19. The summed E-state index contributed by atoms with van der Waals surface area (Å²) in [7, 11) is 0. The number of imide groups is 1. The van der Waals surface area contributed by atoms with Crippen LogP contribution in [0, 0.1) is 11.3 Å². The van der Waals surface area contributed by atoms with E-state index in [1.54, 1.807) is 0 Å². The van der Waals surface area contributed by atoms with E-state index in [2.05, 4.69) is 0 Å². The summed E-state index contributed by atoms with van der Waals surface area (Å²) in [5, 5.41) is 0. The zero-order valence-corrected chi connectivity index (χ0v) is 13.8. The number of hydrogen-bond donors (Lipinski definition) is 0. The lowest BCUT2D eigenvalue weighted by Gasteiger charge is -2.18. The normalized spacial score (nSPS) is 18.9. The minimum atomic E-state index is -0.342. The van der Waals surface area contributed by atoms with Gasteiger partial charge in [0, 0.05) is 30.7 Å². The Morgan fingerprint density at radius 3 is 2.20 bits per heavy atom. The van der Waals surface area contributed by atoms with Gasteiger partial charge in [-0.15, -0.1) is 0 Å². The fraction of sp³-hybridized carbons (Fsp3) is 0.812. The molecule has 4 heteroatoms. The SMILES string of the molecule is CC.CCC1CC(=O)N(CCCC(=O)C(C)(C)C)C1=O. The van der Waals surface area contributed by atoms with Gasteiger partial charge in [-0.1, -0.05) is 41.5 Å². The Morgan fingerprint density at radius 2 is 1.80 bits per heavy atom. The van der Waals surface area contributed by atoms with E-state index in [9.17, 15) is 14.4 Å². The van der Waals surface area contributed by atoms with Crippen molar-refractivity contribution in [3.05, 3.63) is 0 Å². The molecule has 0 aromatic rings. The molecule has 1 fully saturated rings. The molecule has 0 saturated carbocycles. The number of rotatable bonds is 5. The van der Waals surface area contributed by atoms with E-state index in [-0.39, 0.29) is 28.9 Å². The lowest BCUT2D eigenvalue weighted by Crippen LogP contribution is -2.32. The smallest absolute Gasteiger partial charge is 0.232 e. The first kappa shape index (κ1) is 18.8. The predicted molar refractivity (Wildman–Crippen MR) is 80.2 cm³/mol. The molecule has 2 amide bonds. The van der Waals surface area contributed by atoms with Gasteiger partial charge < -0.3 is 0 Å². The highest BCUT2D eigenvalue weighted by Crippen LogP contribution is 2.23. The second-order valence-electron chi connectivity index (χ2n) is 5.97. The molecule has 116 valence electrons. The third-order valence-electron chi connectivity index (χ3n) is 3.45. The Bertz CT molecular complexity index is 355. The molecule has 0 radical (unpaired) electrons. The standard InChI is InChI=1S/C14H23NO3.C2H6/c1-5-10-9-12(17)15(13(10)18)8-6-7-11(16)14(2,3)4;1-2/h10H,5-9H2,1-4H3;1-2H3. The molecule has 1 saturated heterocycles. The van der Waals surface area contributed by atoms with E-state index in [0.717, 1.165) is 0 Å². The molecule has 1 rings (SSSR count). The van der Waals surface area contributed by atoms with Gasteiger partial charge in [0.15, 0.2) is 0 Å². The fourth-order valence-corrected chi connectivity index (χ4v) is 2.08. The van der Waals surface area contributed by atoms with Crippen LogP contribution in [0.1, 0.15) is 67.2 Å². The third-order valence-corrected chi connectivity index (χ3v) is 3.45. The van der Waals surface area contributed by atoms with Crippen molar-refractivity contribution in [1.82, 2.24) is 4.90 Å². The van der Waals surface area contributed by atoms with Gasteiger partial charge in [0.1, 0.15) is 5.78 Å². The molecule has 0 spiro atoms. The van der Waals surface area contributed by atoms with Crippen LogP contribution in [0.5, 0.6) is 0 Å². The first-order valence-corrected chi connectivity index (χ1v) is 7.65. The molecule has 1 unspecified atom stereocenters. The van der Waals surface area contributed by atoms with Gasteiger partial charge in [-0.05, 0) is 12.8 Å². The second-order valence-corrected chi connectivity index (χ2v) is 5.97. The summed E-state index contributed by atoms with van der Waals surface area (Å²) in [5.41, 5.74) is -0.342. The molecular formula is C16H29NO3. The van der Waals surface area contributed by atoms with Gasteiger partial charge in [-0.3, -0.25) is 19.3 Å². The fourth-order valence-electron chi connectivity index (χ4n) is 2.08. The number of carbonyl (C=O) groups excluding carboxylic acids is 3. The highest BCUT2D eigenvalue weighted by atomic mass is 16.2. The maximum absolute atomic E-state index is 11.8. The van der Waals surface area contributed by atoms with Crippen molar-refractivity contribution in [2.24, 2.45) is 11.3 Å². The van der Waals surface area contributed by atoms with Crippen LogP contribution in [0.4, 0.5) is 0 Å². The summed E-state index contributed by atoms with van der Waals surface area (Å²) < 4.78 is 0. The molecule has 0 aromatic heterocycles. The molecule has 0 N–H and O–H groups in total. The summed E-state index contributed by atoms with van der Waals surface area (Å²) in [6.45, 7) is 12.0. The van der Waals surface area contributed by atoms with Crippen molar-refractivity contribution in [2.45, 2.75) is 67.2 Å². The van der Waals surface area contributed by atoms with E-state index in [1.165, 1.54) is 4.90 Å². The predicted octanol–water partition coefficient (Wildman–Crippen LogP) is 3.19. The van der Waals surface area contributed by atoms with E-state index < -0.39 is 0 Å². The van der Waals surface area contributed by atoms with E-state index in [1.807, 2.05) is 41.5 Å². The first-order chi connectivity index (χ1) is 9.27. The quantitative estimate of drug-likeness (QED) is 0.728. The number of likely N-dealkylation sites (tertiary alicyclic amines) is 1. The van der Waals surface area contributed by atoms with Crippen LogP contribution in [-0.4, -0.2) is 29.0 Å². The van der Waals surface area contributed by atoms with E-state index in [4.69, 9.17) is 0 Å². The lowest BCUT2D eigenvalue weighted by molar-refractivity contribution is -0.140. The minimum Gasteiger partial charge on any atom is -0.299 e. The Morgan fingerprint density at radius 1 is 1.25 bits per heavy atom. The Labute approximate surface area is 122 Å². The van der Waals surface area contributed by atoms with Crippen LogP contribution in [0.15, 0.2) is 0 Å². The van der Waals surface area contributed by atoms with Crippen molar-refractivity contribution in [2.75, 3.05) is 6.54 Å². The maximum Gasteiger partial charge on any atom is 0.232 e. The molecule has 1 aliphatic heterocycles. The van der Waals surface area contributed by atoms with Crippen LogP contribution in [0.3, 0.4) is 0 Å². The summed E-state index contributed by atoms with van der Waals surface area (Å²) in [5.74, 6) is -0.120. The largest absolute Gasteiger partial charge is 0.299 e. The first-order valence-electron chi connectivity index (χ1n) is 7.65. The van der Waals surface area contributed by atoms with Crippen LogP contribution in [-0.2, 0) is 14.4 Å². The number of nitrogens with zero attached hydrogens (tertiary/aromatic N) is 1. The zero-order valence-electron chi connectivity index (χ0n) is 13.8. The molecule has 4 nitrogen and oxygen atoms in total. The molecular weight excluding hydrogens is 254 g/mol. The molecule has 1 aliphatic rings. The molecule has 0 bridgehead atoms. The van der Waals surface area contributed by atoms with Crippen molar-refractivity contribution in [3.8, 4) is 0 Å². The van der Waals surface area contributed by atoms with Crippen LogP contribution in [0.25, 0.3) is 0 Å². The average Bonchev–Trinajstić information content (AvgIpc) is 2.66. The number of carbonyl (C=O) groups is 3. The van der Waals surface area contributed by atoms with Crippen LogP contribution in [0.2, 0.25) is 0 Å². The summed E-state index contributed by atoms with van der Waals surface area (Å²) in [4.78, 5) is 36.5. The van der Waals surface area contributed by atoms with Crippen LogP contribution < -0.4 is 0 Å². The Kier molecular flexibility index (Phi) is 7.69. The molecule has 20 heavy (non-hydrogen) atoms. The molecule has 1 atom stereocenters. The van der Waals surface area contributed by atoms with Gasteiger partial charge in [0.2, 0.25) is 11.8 Å². The van der Waals surface area contributed by atoms with Gasteiger partial charge >= 0.3 is 0 Å². The molecule has 1 heterocycles. The minimum absolute atomic E-state index is 0.0642. The van der Waals surface area contributed by atoms with E-state index >= 15 is 0 Å². The topological polar surface area (TPSA) is 54.5 Å². The van der Waals surface area contributed by atoms with Crippen molar-refractivity contribution in [3.63, 3.8) is 0 Å². The second kappa shape index (κ2) is 8.18. The third kappa shape index (κ3) is 5.06. The Balaban J connectivity index is 0.00000172. The van der Waals surface area contributed by atoms with Crippen LogP contribution >= 0.6 is 0 Å². The summed E-state index contributed by atoms with van der Waals surface area (Å²) in [6.07, 6.45) is 2.05. The highest BCUT2D eigenvalue weighted by Gasteiger charge is 2.36. The average molecular weight is 283 g/mol. The number of ketones is 1. The van der Waals surface area contributed by atoms with E-state index in [0.29, 0.717) is 32.2 Å². The summed E-state index contributed by atoms with van der Waals surface area (Å²) >= 11 is 0. The van der Waals surface area contributed by atoms with Crippen molar-refractivity contribution >= 4 is 17.6 Å². The summed E-state index contributed by atoms with van der Waals surface area (Å²) in [6, 6.07) is 0. The zero-order chi connectivity index (χ0) is 15.9. The maximum atomic E-state index is 11.8. The lowest BCUT2D eigenvalue weighted by atomic mass is 9.88. The highest BCUT2D eigenvalue weighted by molar-refractivity contribution is 6.03. The van der Waals surface area contributed by atoms with Crippen molar-refractivity contribution in [1.29, 1.82) is 0 Å². The number of Topliss-reactive ketones (excluding diaryl/α,β-unsaturated/α-hetero) is 1.